The van der Waals surface area contributed by atoms with Crippen LogP contribution in [0, 0.1) is 12.3 Å². The number of unbranched alkanes of at least 4 members (excludes halogenated alkanes) is 1. The molecule has 0 fully saturated rings. The van der Waals surface area contributed by atoms with Crippen molar-refractivity contribution < 1.29 is 22.7 Å². The van der Waals surface area contributed by atoms with Crippen molar-refractivity contribution in [3.63, 3.8) is 0 Å². The maximum atomic E-state index is 12.6. The average Bonchev–Trinajstić information content (AvgIpc) is 3.04. The van der Waals surface area contributed by atoms with Crippen LogP contribution in [0.5, 0.6) is 5.75 Å². The fourth-order valence-electron chi connectivity index (χ4n) is 3.30. The summed E-state index contributed by atoms with van der Waals surface area (Å²) >= 11 is 0. The summed E-state index contributed by atoms with van der Waals surface area (Å²) in [5.74, 6) is 0.701. The molecule has 0 unspecified atom stereocenters. The molecule has 0 aliphatic rings. The van der Waals surface area contributed by atoms with Crippen molar-refractivity contribution in [2.75, 3.05) is 18.4 Å². The maximum absolute atomic E-state index is 12.6. The highest BCUT2D eigenvalue weighted by atomic mass is 19.4. The number of benzene rings is 1. The maximum Gasteiger partial charge on any atom is 0.573 e. The molecule has 1 aromatic carbocycles. The Balaban J connectivity index is 1.66. The molecular weight excluding hydrogens is 425 g/mol. The SMILES string of the molecule is Cc1nnc2c(NCCCCNC(=O)CC(C)(C)C)nc3ccc(OC(F)(F)F)cc3n12. The molecule has 0 radical (unpaired) electrons. The van der Waals surface area contributed by atoms with Crippen molar-refractivity contribution >= 4 is 28.4 Å². The summed E-state index contributed by atoms with van der Waals surface area (Å²) in [6, 6.07) is 3.95. The zero-order valence-corrected chi connectivity index (χ0v) is 18.5. The molecule has 0 aliphatic carbocycles. The van der Waals surface area contributed by atoms with Crippen LogP contribution in [0.4, 0.5) is 19.0 Å². The van der Waals surface area contributed by atoms with E-state index in [1.807, 2.05) is 20.8 Å². The van der Waals surface area contributed by atoms with Gasteiger partial charge in [-0.2, -0.15) is 0 Å². The van der Waals surface area contributed by atoms with Gasteiger partial charge >= 0.3 is 6.36 Å². The van der Waals surface area contributed by atoms with Gasteiger partial charge in [-0.3, -0.25) is 9.20 Å². The third-order valence-electron chi connectivity index (χ3n) is 4.60. The second-order valence-electron chi connectivity index (χ2n) is 8.79. The third-order valence-corrected chi connectivity index (χ3v) is 4.60. The summed E-state index contributed by atoms with van der Waals surface area (Å²) in [5.41, 5.74) is 1.26. The Morgan fingerprint density at radius 3 is 2.53 bits per heavy atom. The first-order valence-corrected chi connectivity index (χ1v) is 10.3. The highest BCUT2D eigenvalue weighted by Crippen LogP contribution is 2.28. The fraction of sp³-hybridized carbons (Fsp3) is 0.524. The van der Waals surface area contributed by atoms with Crippen LogP contribution in [0.25, 0.3) is 16.7 Å². The summed E-state index contributed by atoms with van der Waals surface area (Å²) in [6.45, 7) is 8.94. The number of halogens is 3. The lowest BCUT2D eigenvalue weighted by atomic mass is 9.92. The second kappa shape index (κ2) is 9.17. The van der Waals surface area contributed by atoms with Gasteiger partial charge < -0.3 is 15.4 Å². The van der Waals surface area contributed by atoms with Crippen LogP contribution in [0.15, 0.2) is 18.2 Å². The van der Waals surface area contributed by atoms with Crippen LogP contribution in [0.2, 0.25) is 0 Å². The number of hydrogen-bond acceptors (Lipinski definition) is 6. The predicted molar refractivity (Wildman–Crippen MR) is 115 cm³/mol. The van der Waals surface area contributed by atoms with E-state index in [1.54, 1.807) is 11.3 Å². The van der Waals surface area contributed by atoms with Crippen LogP contribution in [-0.4, -0.2) is 44.9 Å². The van der Waals surface area contributed by atoms with Crippen LogP contribution in [0.3, 0.4) is 0 Å². The molecule has 174 valence electrons. The molecule has 32 heavy (non-hydrogen) atoms. The number of fused-ring (bicyclic) bond motifs is 3. The topological polar surface area (TPSA) is 93.4 Å². The molecule has 0 aliphatic heterocycles. The third kappa shape index (κ3) is 6.21. The van der Waals surface area contributed by atoms with Crippen molar-refractivity contribution in [2.24, 2.45) is 5.41 Å². The van der Waals surface area contributed by atoms with Gasteiger partial charge in [0.25, 0.3) is 0 Å². The number of carbonyl (C=O) groups is 1. The molecule has 1 amide bonds. The minimum absolute atomic E-state index is 0.0381. The van der Waals surface area contributed by atoms with E-state index >= 15 is 0 Å². The van der Waals surface area contributed by atoms with Crippen molar-refractivity contribution in [3.8, 4) is 5.75 Å². The zero-order chi connectivity index (χ0) is 23.5. The summed E-state index contributed by atoms with van der Waals surface area (Å²) in [6.07, 6.45) is -2.73. The molecule has 0 saturated heterocycles. The Morgan fingerprint density at radius 2 is 1.84 bits per heavy atom. The molecule has 2 aromatic heterocycles. The first-order chi connectivity index (χ1) is 14.9. The van der Waals surface area contributed by atoms with Gasteiger partial charge in [0.2, 0.25) is 11.6 Å². The molecule has 0 bridgehead atoms. The lowest BCUT2D eigenvalue weighted by Gasteiger charge is -2.17. The van der Waals surface area contributed by atoms with Gasteiger partial charge in [-0.1, -0.05) is 20.8 Å². The zero-order valence-electron chi connectivity index (χ0n) is 18.5. The normalized spacial score (nSPS) is 12.3. The summed E-state index contributed by atoms with van der Waals surface area (Å²) in [7, 11) is 0. The Kier molecular flexibility index (Phi) is 6.75. The summed E-state index contributed by atoms with van der Waals surface area (Å²) < 4.78 is 43.4. The van der Waals surface area contributed by atoms with Gasteiger partial charge in [0.15, 0.2) is 5.82 Å². The number of hydrogen-bond donors (Lipinski definition) is 2. The number of nitrogens with one attached hydrogen (secondary N) is 2. The molecule has 0 spiro atoms. The number of ether oxygens (including phenoxy) is 1. The van der Waals surface area contributed by atoms with Gasteiger partial charge in [0.05, 0.1) is 11.0 Å². The van der Waals surface area contributed by atoms with Crippen molar-refractivity contribution in [1.29, 1.82) is 0 Å². The molecule has 11 heteroatoms. The van der Waals surface area contributed by atoms with Crippen molar-refractivity contribution in [2.45, 2.75) is 53.3 Å². The molecule has 8 nitrogen and oxygen atoms in total. The lowest BCUT2D eigenvalue weighted by molar-refractivity contribution is -0.274. The Bertz CT molecular complexity index is 1100. The van der Waals surface area contributed by atoms with Gasteiger partial charge in [0.1, 0.15) is 11.6 Å². The van der Waals surface area contributed by atoms with E-state index in [4.69, 9.17) is 0 Å². The van der Waals surface area contributed by atoms with E-state index in [0.717, 1.165) is 12.8 Å². The molecule has 3 aromatic rings. The molecule has 0 atom stereocenters. The van der Waals surface area contributed by atoms with Gasteiger partial charge in [-0.25, -0.2) is 4.98 Å². The lowest BCUT2D eigenvalue weighted by Crippen LogP contribution is -2.28. The highest BCUT2D eigenvalue weighted by Gasteiger charge is 2.31. The molecule has 2 N–H and O–H groups in total. The first-order valence-electron chi connectivity index (χ1n) is 10.3. The van der Waals surface area contributed by atoms with Gasteiger partial charge in [-0.15, -0.1) is 23.4 Å². The molecule has 2 heterocycles. The Labute approximate surface area is 183 Å². The quantitative estimate of drug-likeness (QED) is 0.497. The van der Waals surface area contributed by atoms with Crippen LogP contribution >= 0.6 is 0 Å². The number of carbonyl (C=O) groups excluding carboxylic acids is 1. The predicted octanol–water partition coefficient (Wildman–Crippen LogP) is 4.23. The number of aryl methyl sites for hydroxylation is 1. The number of alkyl halides is 3. The monoisotopic (exact) mass is 452 g/mol. The Morgan fingerprint density at radius 1 is 1.12 bits per heavy atom. The van der Waals surface area contributed by atoms with Gasteiger partial charge in [0, 0.05) is 25.6 Å². The van der Waals surface area contributed by atoms with Crippen LogP contribution < -0.4 is 15.4 Å². The number of nitrogens with zero attached hydrogens (tertiary/aromatic N) is 4. The average molecular weight is 452 g/mol. The minimum atomic E-state index is -4.78. The fourth-order valence-corrected chi connectivity index (χ4v) is 3.30. The number of aromatic nitrogens is 4. The van der Waals surface area contributed by atoms with E-state index in [0.29, 0.717) is 47.8 Å². The minimum Gasteiger partial charge on any atom is -0.406 e. The summed E-state index contributed by atoms with van der Waals surface area (Å²) in [4.78, 5) is 16.4. The number of amides is 1. The number of rotatable bonds is 8. The van der Waals surface area contributed by atoms with Crippen molar-refractivity contribution in [1.82, 2.24) is 24.9 Å². The molecule has 3 rings (SSSR count). The van der Waals surface area contributed by atoms with Gasteiger partial charge in [-0.05, 0) is 37.3 Å². The van der Waals surface area contributed by atoms with E-state index in [1.165, 1.54) is 18.2 Å². The number of anilines is 1. The van der Waals surface area contributed by atoms with E-state index in [2.05, 4.69) is 30.6 Å². The van der Waals surface area contributed by atoms with E-state index in [9.17, 15) is 18.0 Å². The van der Waals surface area contributed by atoms with E-state index < -0.39 is 6.36 Å². The standard InChI is InChI=1S/C21H27F3N6O2/c1-13-28-29-19-18(26-10-6-5-9-25-17(31)12-20(2,3)4)27-15-8-7-14(32-21(22,23)24)11-16(15)30(13)19/h7-8,11H,5-6,9-10,12H2,1-4H3,(H,25,31)(H,26,27). The van der Waals surface area contributed by atoms with Crippen LogP contribution in [0.1, 0.15) is 45.9 Å². The van der Waals surface area contributed by atoms with Crippen molar-refractivity contribution in [3.05, 3.63) is 24.0 Å². The first kappa shape index (κ1) is 23.6. The largest absolute Gasteiger partial charge is 0.573 e. The highest BCUT2D eigenvalue weighted by molar-refractivity contribution is 5.84. The summed E-state index contributed by atoms with van der Waals surface area (Å²) in [5, 5.41) is 14.3. The smallest absolute Gasteiger partial charge is 0.406 e. The second-order valence-corrected chi connectivity index (χ2v) is 8.79. The molecular formula is C21H27F3N6O2. The Hall–Kier alpha value is -3.11. The molecule has 0 saturated carbocycles. The van der Waals surface area contributed by atoms with E-state index in [-0.39, 0.29) is 17.1 Å². The van der Waals surface area contributed by atoms with Crippen LogP contribution in [-0.2, 0) is 4.79 Å².